The summed E-state index contributed by atoms with van der Waals surface area (Å²) >= 11 is 4.69. The van der Waals surface area contributed by atoms with Crippen molar-refractivity contribution in [2.75, 3.05) is 0 Å². The second-order valence-corrected chi connectivity index (χ2v) is 5.14. The van der Waals surface area contributed by atoms with Crippen molar-refractivity contribution in [1.29, 1.82) is 0 Å². The molecule has 0 saturated heterocycles. The lowest BCUT2D eigenvalue weighted by molar-refractivity contribution is 0.439. The van der Waals surface area contributed by atoms with Gasteiger partial charge in [0.2, 0.25) is 5.66 Å². The maximum Gasteiger partial charge on any atom is 0.202 e. The van der Waals surface area contributed by atoms with Gasteiger partial charge in [-0.15, -0.1) is 0 Å². The van der Waals surface area contributed by atoms with Gasteiger partial charge in [0.05, 0.1) is 10.7 Å². The molecule has 0 spiro atoms. The molecule has 0 aliphatic heterocycles. The van der Waals surface area contributed by atoms with Crippen molar-refractivity contribution in [2.24, 2.45) is 15.2 Å². The van der Waals surface area contributed by atoms with E-state index in [0.717, 1.165) is 5.56 Å². The van der Waals surface area contributed by atoms with Gasteiger partial charge >= 0.3 is 0 Å². The number of hydrogen-bond donors (Lipinski definition) is 0. The number of isothiocyanates is 1. The topological polar surface area (TPSA) is 37.1 Å². The third-order valence-electron chi connectivity index (χ3n) is 2.13. The molecular weight excluding hydrogens is 230 g/mol. The Hall–Kier alpha value is -1.38. The molecule has 1 aromatic carbocycles. The molecule has 4 heteroatoms. The first-order valence-corrected chi connectivity index (χ1v) is 5.87. The van der Waals surface area contributed by atoms with Crippen molar-refractivity contribution in [2.45, 2.75) is 38.9 Å². The Bertz CT molecular complexity index is 441. The lowest BCUT2D eigenvalue weighted by atomic mass is 10.0. The molecule has 0 aromatic heterocycles. The van der Waals surface area contributed by atoms with Crippen LogP contribution in [0.15, 0.2) is 45.6 Å². The van der Waals surface area contributed by atoms with Gasteiger partial charge in [-0.25, -0.2) is 0 Å². The number of azo groups is 1. The van der Waals surface area contributed by atoms with E-state index in [2.05, 4.69) is 32.6 Å². The summed E-state index contributed by atoms with van der Waals surface area (Å²) in [4.78, 5) is 4.13. The van der Waals surface area contributed by atoms with E-state index < -0.39 is 5.66 Å². The van der Waals surface area contributed by atoms with Crippen molar-refractivity contribution < 1.29 is 0 Å². The van der Waals surface area contributed by atoms with Gasteiger partial charge in [0.15, 0.2) is 0 Å². The van der Waals surface area contributed by atoms with Crippen LogP contribution in [0.1, 0.15) is 33.3 Å². The summed E-state index contributed by atoms with van der Waals surface area (Å²) < 4.78 is 0. The van der Waals surface area contributed by atoms with Crippen LogP contribution < -0.4 is 0 Å². The highest BCUT2D eigenvalue weighted by Crippen LogP contribution is 2.28. The second kappa shape index (κ2) is 5.30. The van der Waals surface area contributed by atoms with Gasteiger partial charge in [-0.05, 0) is 39.9 Å². The molecule has 1 atom stereocenters. The zero-order chi connectivity index (χ0) is 12.9. The van der Waals surface area contributed by atoms with Gasteiger partial charge in [0.1, 0.15) is 0 Å². The quantitative estimate of drug-likeness (QED) is 0.448. The zero-order valence-corrected chi connectivity index (χ0v) is 11.5. The molecule has 17 heavy (non-hydrogen) atoms. The van der Waals surface area contributed by atoms with Gasteiger partial charge in [-0.1, -0.05) is 30.3 Å². The van der Waals surface area contributed by atoms with Crippen LogP contribution in [0.3, 0.4) is 0 Å². The molecule has 3 nitrogen and oxygen atoms in total. The summed E-state index contributed by atoms with van der Waals surface area (Å²) in [5.74, 6) is 0. The number of nitrogens with zero attached hydrogens (tertiary/aromatic N) is 3. The largest absolute Gasteiger partial charge is 0.202 e. The van der Waals surface area contributed by atoms with Crippen LogP contribution in [0, 0.1) is 0 Å². The fraction of sp³-hybridized carbons (Fsp3) is 0.462. The Morgan fingerprint density at radius 2 is 1.59 bits per heavy atom. The predicted molar refractivity (Wildman–Crippen MR) is 73.4 cm³/mol. The number of thiocarbonyl (C=S) groups is 1. The Morgan fingerprint density at radius 1 is 1.00 bits per heavy atom. The summed E-state index contributed by atoms with van der Waals surface area (Å²) in [5, 5.41) is 11.0. The molecule has 0 N–H and O–H groups in total. The minimum Gasteiger partial charge on any atom is -0.195 e. The normalized spacial score (nSPS) is 15.3. The summed E-state index contributed by atoms with van der Waals surface area (Å²) in [5.41, 5.74) is -0.0612. The molecular formula is C13H17N3S. The maximum absolute atomic E-state index is 4.69. The molecule has 0 amide bonds. The average molecular weight is 247 g/mol. The molecule has 90 valence electrons. The van der Waals surface area contributed by atoms with Crippen LogP contribution in [-0.4, -0.2) is 10.7 Å². The highest BCUT2D eigenvalue weighted by molar-refractivity contribution is 7.78. The maximum atomic E-state index is 4.69. The lowest BCUT2D eigenvalue weighted by Crippen LogP contribution is -2.18. The molecule has 0 radical (unpaired) electrons. The van der Waals surface area contributed by atoms with Crippen LogP contribution in [0.5, 0.6) is 0 Å². The van der Waals surface area contributed by atoms with Crippen molar-refractivity contribution in [1.82, 2.24) is 0 Å². The van der Waals surface area contributed by atoms with Crippen molar-refractivity contribution in [3.05, 3.63) is 35.9 Å². The Labute approximate surface area is 108 Å². The van der Waals surface area contributed by atoms with Crippen molar-refractivity contribution in [3.8, 4) is 0 Å². The van der Waals surface area contributed by atoms with Gasteiger partial charge in [0, 0.05) is 5.56 Å². The molecule has 0 bridgehead atoms. The summed E-state index contributed by atoms with van der Waals surface area (Å²) in [6.07, 6.45) is 0. The summed E-state index contributed by atoms with van der Waals surface area (Å²) in [7, 11) is 0. The van der Waals surface area contributed by atoms with Crippen LogP contribution in [0.4, 0.5) is 0 Å². The molecule has 0 aliphatic carbocycles. The molecule has 0 saturated carbocycles. The first kappa shape index (κ1) is 13.7. The Morgan fingerprint density at radius 3 is 2.06 bits per heavy atom. The first-order valence-electron chi connectivity index (χ1n) is 5.46. The van der Waals surface area contributed by atoms with Crippen LogP contribution in [0.2, 0.25) is 0 Å². The van der Waals surface area contributed by atoms with E-state index in [0.29, 0.717) is 0 Å². The van der Waals surface area contributed by atoms with E-state index in [4.69, 9.17) is 0 Å². The molecule has 1 aromatic rings. The van der Waals surface area contributed by atoms with E-state index in [-0.39, 0.29) is 5.54 Å². The van der Waals surface area contributed by atoms with Crippen LogP contribution in [0.25, 0.3) is 0 Å². The average Bonchev–Trinajstić information content (AvgIpc) is 2.27. The highest BCUT2D eigenvalue weighted by Gasteiger charge is 2.25. The monoisotopic (exact) mass is 247 g/mol. The fourth-order valence-corrected chi connectivity index (χ4v) is 1.41. The molecule has 1 rings (SSSR count). The second-order valence-electron chi connectivity index (χ2n) is 4.96. The van der Waals surface area contributed by atoms with Crippen molar-refractivity contribution >= 4 is 17.4 Å². The SMILES string of the molecule is CC(C)(C)/N=N/C(C)(N=C=S)c1ccccc1. The summed E-state index contributed by atoms with van der Waals surface area (Å²) in [6.45, 7) is 7.84. The zero-order valence-electron chi connectivity index (χ0n) is 10.6. The molecule has 0 fully saturated rings. The van der Waals surface area contributed by atoms with Gasteiger partial charge < -0.3 is 0 Å². The van der Waals surface area contributed by atoms with E-state index in [1.165, 1.54) is 0 Å². The van der Waals surface area contributed by atoms with Gasteiger partial charge in [-0.2, -0.15) is 15.2 Å². The van der Waals surface area contributed by atoms with Crippen LogP contribution in [-0.2, 0) is 5.66 Å². The molecule has 1 unspecified atom stereocenters. The number of rotatable bonds is 3. The molecule has 0 heterocycles. The summed E-state index contributed by atoms with van der Waals surface area (Å²) in [6, 6.07) is 9.75. The minimum atomic E-state index is -0.781. The highest BCUT2D eigenvalue weighted by atomic mass is 32.1. The van der Waals surface area contributed by atoms with Gasteiger partial charge in [-0.3, -0.25) is 0 Å². The number of hydrogen-bond acceptors (Lipinski definition) is 4. The van der Waals surface area contributed by atoms with Crippen LogP contribution >= 0.6 is 12.2 Å². The Balaban J connectivity index is 3.16. The number of benzene rings is 1. The predicted octanol–water partition coefficient (Wildman–Crippen LogP) is 4.21. The fourth-order valence-electron chi connectivity index (χ4n) is 1.23. The van der Waals surface area contributed by atoms with Crippen molar-refractivity contribution in [3.63, 3.8) is 0 Å². The smallest absolute Gasteiger partial charge is 0.195 e. The Kier molecular flexibility index (Phi) is 4.27. The van der Waals surface area contributed by atoms with E-state index in [1.807, 2.05) is 58.0 Å². The van der Waals surface area contributed by atoms with E-state index >= 15 is 0 Å². The van der Waals surface area contributed by atoms with E-state index in [9.17, 15) is 0 Å². The lowest BCUT2D eigenvalue weighted by Gasteiger charge is -2.20. The first-order chi connectivity index (χ1) is 7.87. The third-order valence-corrected chi connectivity index (χ3v) is 2.22. The molecule has 0 aliphatic rings. The van der Waals surface area contributed by atoms with Gasteiger partial charge in [0.25, 0.3) is 0 Å². The third kappa shape index (κ3) is 4.17. The number of aliphatic imine (C=N–C) groups is 1. The standard InChI is InChI=1S/C13H17N3S/c1-12(2,3)15-16-13(4,14-10-17)11-8-6-5-7-9-11/h5-9H,1-4H3/b16-15+. The minimum absolute atomic E-state index is 0.229. The van der Waals surface area contributed by atoms with E-state index in [1.54, 1.807) is 0 Å².